The van der Waals surface area contributed by atoms with E-state index in [4.69, 9.17) is 12.2 Å². The highest BCUT2D eigenvalue weighted by Crippen LogP contribution is 2.25. The van der Waals surface area contributed by atoms with Crippen molar-refractivity contribution in [3.8, 4) is 0 Å². The van der Waals surface area contributed by atoms with Crippen LogP contribution in [0.1, 0.15) is 36.9 Å². The van der Waals surface area contributed by atoms with E-state index in [-0.39, 0.29) is 0 Å². The molecule has 1 saturated carbocycles. The average molecular weight is 250 g/mol. The summed E-state index contributed by atoms with van der Waals surface area (Å²) in [5.74, 6) is 1.03. The zero-order valence-corrected chi connectivity index (χ0v) is 10.7. The zero-order chi connectivity index (χ0) is 11.7. The van der Waals surface area contributed by atoms with Crippen LogP contribution in [0.25, 0.3) is 0 Å². The van der Waals surface area contributed by atoms with Crippen molar-refractivity contribution in [1.29, 1.82) is 0 Å². The van der Waals surface area contributed by atoms with Crippen LogP contribution in [0.4, 0.5) is 5.82 Å². The van der Waals surface area contributed by atoms with Gasteiger partial charge in [0.15, 0.2) is 4.77 Å². The van der Waals surface area contributed by atoms with E-state index in [1.54, 1.807) is 0 Å². The number of nitrogens with zero attached hydrogens (tertiary/aromatic N) is 1. The molecule has 0 amide bonds. The first-order chi connectivity index (χ1) is 8.33. The average Bonchev–Trinajstić information content (AvgIpc) is 2.81. The Hall–Kier alpha value is -0.940. The normalized spacial score (nSPS) is 20.2. The Morgan fingerprint density at radius 3 is 2.94 bits per heavy atom. The molecule has 1 aliphatic heterocycles. The van der Waals surface area contributed by atoms with Crippen LogP contribution in [0.5, 0.6) is 0 Å². The van der Waals surface area contributed by atoms with Gasteiger partial charge in [-0.3, -0.25) is 0 Å². The largest absolute Gasteiger partial charge is 0.367 e. The molecule has 0 saturated heterocycles. The monoisotopic (exact) mass is 250 g/mol. The second-order valence-corrected chi connectivity index (χ2v) is 5.29. The van der Waals surface area contributed by atoms with E-state index in [0.717, 1.165) is 25.3 Å². The van der Waals surface area contributed by atoms with Crippen LogP contribution in [0.15, 0.2) is 0 Å². The molecule has 0 unspecified atom stereocenters. The smallest absolute Gasteiger partial charge is 0.199 e. The lowest BCUT2D eigenvalue weighted by Gasteiger charge is -2.22. The number of hydrogen-bond donors (Lipinski definition) is 3. The molecule has 3 N–H and O–H groups in total. The van der Waals surface area contributed by atoms with Crippen LogP contribution < -0.4 is 10.6 Å². The van der Waals surface area contributed by atoms with Gasteiger partial charge in [0.05, 0.1) is 0 Å². The Kier molecular flexibility index (Phi) is 3.11. The summed E-state index contributed by atoms with van der Waals surface area (Å²) < 4.78 is 0.591. The molecule has 4 nitrogen and oxygen atoms in total. The minimum atomic E-state index is 0.591. The van der Waals surface area contributed by atoms with E-state index in [1.165, 1.54) is 36.9 Å². The summed E-state index contributed by atoms with van der Waals surface area (Å²) in [5.41, 5.74) is 2.53. The van der Waals surface area contributed by atoms with Gasteiger partial charge in [-0.25, -0.2) is 4.98 Å². The third-order valence-electron chi connectivity index (χ3n) is 3.67. The molecule has 0 radical (unpaired) electrons. The molecule has 17 heavy (non-hydrogen) atoms. The van der Waals surface area contributed by atoms with Crippen LogP contribution in [0.3, 0.4) is 0 Å². The van der Waals surface area contributed by atoms with Crippen LogP contribution in [0, 0.1) is 4.77 Å². The quantitative estimate of drug-likeness (QED) is 0.704. The number of anilines is 1. The molecule has 1 aromatic rings. The minimum Gasteiger partial charge on any atom is -0.367 e. The van der Waals surface area contributed by atoms with E-state index in [0.29, 0.717) is 10.8 Å². The Morgan fingerprint density at radius 1 is 1.29 bits per heavy atom. The fourth-order valence-electron chi connectivity index (χ4n) is 2.77. The van der Waals surface area contributed by atoms with Crippen molar-refractivity contribution in [3.63, 3.8) is 0 Å². The number of fused-ring (bicyclic) bond motifs is 1. The predicted molar refractivity (Wildman–Crippen MR) is 70.7 cm³/mol. The van der Waals surface area contributed by atoms with Gasteiger partial charge < -0.3 is 15.6 Å². The summed E-state index contributed by atoms with van der Waals surface area (Å²) in [6.07, 6.45) is 6.23. The van der Waals surface area contributed by atoms with Gasteiger partial charge in [-0.2, -0.15) is 0 Å². The lowest BCUT2D eigenvalue weighted by Crippen LogP contribution is -2.27. The topological polar surface area (TPSA) is 52.7 Å². The molecule has 2 aliphatic rings. The van der Waals surface area contributed by atoms with Crippen LogP contribution in [-0.4, -0.2) is 22.6 Å². The predicted octanol–water partition coefficient (Wildman–Crippen LogP) is 2.14. The molecule has 1 aliphatic carbocycles. The van der Waals surface area contributed by atoms with E-state index in [1.807, 2.05) is 0 Å². The van der Waals surface area contributed by atoms with Crippen molar-refractivity contribution in [2.75, 3.05) is 11.9 Å². The lowest BCUT2D eigenvalue weighted by molar-refractivity contribution is 0.620. The minimum absolute atomic E-state index is 0.591. The Labute approximate surface area is 106 Å². The molecular formula is C12H18N4S. The number of aromatic amines is 1. The summed E-state index contributed by atoms with van der Waals surface area (Å²) in [6.45, 7) is 1.90. The molecule has 5 heteroatoms. The Balaban J connectivity index is 1.91. The first-order valence-electron chi connectivity index (χ1n) is 6.42. The van der Waals surface area contributed by atoms with Crippen LogP contribution in [-0.2, 0) is 13.0 Å². The summed E-state index contributed by atoms with van der Waals surface area (Å²) >= 11 is 5.19. The second kappa shape index (κ2) is 4.74. The standard InChI is InChI=1S/C12H18N4S/c17-12-15-10-7-13-6-5-9(10)11(16-12)14-8-3-1-2-4-8/h8,13H,1-7H2,(H2,14,15,16,17). The van der Waals surface area contributed by atoms with E-state index in [2.05, 4.69) is 20.6 Å². The molecule has 0 spiro atoms. The lowest BCUT2D eigenvalue weighted by atomic mass is 10.1. The Bertz CT molecular complexity index is 462. The van der Waals surface area contributed by atoms with Gasteiger partial charge in [-0.1, -0.05) is 12.8 Å². The maximum Gasteiger partial charge on any atom is 0.199 e. The molecule has 0 atom stereocenters. The molecule has 1 fully saturated rings. The number of nitrogens with one attached hydrogen (secondary N) is 3. The maximum absolute atomic E-state index is 5.19. The summed E-state index contributed by atoms with van der Waals surface area (Å²) in [6, 6.07) is 0.596. The van der Waals surface area contributed by atoms with Gasteiger partial charge in [0, 0.05) is 23.8 Å². The number of hydrogen-bond acceptors (Lipinski definition) is 4. The first kappa shape index (κ1) is 11.2. The van der Waals surface area contributed by atoms with Crippen molar-refractivity contribution < 1.29 is 0 Å². The van der Waals surface area contributed by atoms with Crippen molar-refractivity contribution in [3.05, 3.63) is 16.0 Å². The number of H-pyrrole nitrogens is 1. The highest BCUT2D eigenvalue weighted by Gasteiger charge is 2.19. The van der Waals surface area contributed by atoms with Gasteiger partial charge in [-0.05, 0) is 38.0 Å². The van der Waals surface area contributed by atoms with E-state index < -0.39 is 0 Å². The second-order valence-electron chi connectivity index (χ2n) is 4.90. The number of rotatable bonds is 2. The maximum atomic E-state index is 5.19. The van der Waals surface area contributed by atoms with Crippen molar-refractivity contribution in [1.82, 2.24) is 15.3 Å². The highest BCUT2D eigenvalue weighted by atomic mass is 32.1. The van der Waals surface area contributed by atoms with Gasteiger partial charge >= 0.3 is 0 Å². The van der Waals surface area contributed by atoms with Crippen molar-refractivity contribution in [2.45, 2.75) is 44.7 Å². The molecule has 3 rings (SSSR count). The third-order valence-corrected chi connectivity index (χ3v) is 3.86. The zero-order valence-electron chi connectivity index (χ0n) is 9.88. The summed E-state index contributed by atoms with van der Waals surface area (Å²) in [5, 5.41) is 6.94. The molecular weight excluding hydrogens is 232 g/mol. The summed E-state index contributed by atoms with van der Waals surface area (Å²) in [4.78, 5) is 7.66. The van der Waals surface area contributed by atoms with Crippen LogP contribution >= 0.6 is 12.2 Å². The molecule has 0 bridgehead atoms. The van der Waals surface area contributed by atoms with E-state index >= 15 is 0 Å². The van der Waals surface area contributed by atoms with E-state index in [9.17, 15) is 0 Å². The number of aromatic nitrogens is 2. The molecule has 1 aromatic heterocycles. The fourth-order valence-corrected chi connectivity index (χ4v) is 2.99. The molecule has 0 aromatic carbocycles. The molecule has 92 valence electrons. The van der Waals surface area contributed by atoms with Gasteiger partial charge in [-0.15, -0.1) is 0 Å². The molecule has 2 heterocycles. The van der Waals surface area contributed by atoms with Gasteiger partial charge in [0.25, 0.3) is 0 Å². The van der Waals surface area contributed by atoms with Crippen LogP contribution in [0.2, 0.25) is 0 Å². The highest BCUT2D eigenvalue weighted by molar-refractivity contribution is 7.71. The van der Waals surface area contributed by atoms with Gasteiger partial charge in [0.1, 0.15) is 5.82 Å². The van der Waals surface area contributed by atoms with Crippen molar-refractivity contribution in [2.24, 2.45) is 0 Å². The van der Waals surface area contributed by atoms with Gasteiger partial charge in [0.2, 0.25) is 0 Å². The SMILES string of the molecule is S=c1nc(NC2CCCC2)c2c([nH]1)CNCC2. The van der Waals surface area contributed by atoms with Crippen molar-refractivity contribution >= 4 is 18.0 Å². The Morgan fingerprint density at radius 2 is 2.12 bits per heavy atom. The summed E-state index contributed by atoms with van der Waals surface area (Å²) in [7, 11) is 0. The fraction of sp³-hybridized carbons (Fsp3) is 0.667. The third kappa shape index (κ3) is 2.35. The first-order valence-corrected chi connectivity index (χ1v) is 6.83.